The first-order valence-corrected chi connectivity index (χ1v) is 8.34. The maximum Gasteiger partial charge on any atom is 0.407 e. The molecule has 0 heterocycles. The van der Waals surface area contributed by atoms with E-state index in [1.54, 1.807) is 0 Å². The maximum atomic E-state index is 11.9. The lowest BCUT2D eigenvalue weighted by atomic mass is 9.74. The molecule has 1 amide bonds. The average Bonchev–Trinajstić information content (AvgIpc) is 3.22. The van der Waals surface area contributed by atoms with Crippen LogP contribution in [0.15, 0.2) is 0 Å². The molecule has 0 aliphatic heterocycles. The number of hydrogen-bond acceptors (Lipinski definition) is 3. The van der Waals surface area contributed by atoms with E-state index in [-0.39, 0.29) is 18.1 Å². The van der Waals surface area contributed by atoms with Gasteiger partial charge in [-0.1, -0.05) is 26.7 Å². The smallest absolute Gasteiger partial charge is 0.407 e. The minimum atomic E-state index is -0.485. The predicted octanol–water partition coefficient (Wildman–Crippen LogP) is 3.73. The van der Waals surface area contributed by atoms with Crippen molar-refractivity contribution in [3.63, 3.8) is 0 Å². The van der Waals surface area contributed by atoms with Crippen molar-refractivity contribution in [2.75, 3.05) is 13.2 Å². The van der Waals surface area contributed by atoms with E-state index in [1.807, 2.05) is 20.8 Å². The quantitative estimate of drug-likeness (QED) is 0.718. The Kier molecular flexibility index (Phi) is 6.51. The summed E-state index contributed by atoms with van der Waals surface area (Å²) < 4.78 is 5.30. The molecule has 0 radical (unpaired) electrons. The van der Waals surface area contributed by atoms with Crippen LogP contribution in [0.3, 0.4) is 0 Å². The summed E-state index contributed by atoms with van der Waals surface area (Å²) in [6.45, 7) is 10.6. The third kappa shape index (κ3) is 5.85. The third-order valence-electron chi connectivity index (χ3n) is 4.59. The Morgan fingerprint density at radius 1 is 1.29 bits per heavy atom. The Hall–Kier alpha value is -0.770. The Labute approximate surface area is 129 Å². The molecule has 1 aliphatic carbocycles. The standard InChI is InChI=1S/C17H33NO3/c1-6-13(7-2)10-17(12-19,14-8-9-14)11-18-15(20)21-16(3,4)5/h13-14,19H,6-12H2,1-5H3,(H,18,20). The lowest BCUT2D eigenvalue weighted by Gasteiger charge is -2.35. The van der Waals surface area contributed by atoms with Crippen molar-refractivity contribution in [2.45, 2.75) is 72.3 Å². The fourth-order valence-corrected chi connectivity index (χ4v) is 3.04. The van der Waals surface area contributed by atoms with E-state index >= 15 is 0 Å². The number of alkyl carbamates (subject to hydrolysis) is 1. The number of amides is 1. The van der Waals surface area contributed by atoms with Crippen molar-refractivity contribution in [2.24, 2.45) is 17.3 Å². The number of carbonyl (C=O) groups excluding carboxylic acids is 1. The van der Waals surface area contributed by atoms with Gasteiger partial charge in [0.1, 0.15) is 5.60 Å². The van der Waals surface area contributed by atoms with Crippen molar-refractivity contribution in [3.05, 3.63) is 0 Å². The van der Waals surface area contributed by atoms with Gasteiger partial charge in [-0.15, -0.1) is 0 Å². The summed E-state index contributed by atoms with van der Waals surface area (Å²) in [6, 6.07) is 0. The highest BCUT2D eigenvalue weighted by atomic mass is 16.6. The van der Waals surface area contributed by atoms with Crippen LogP contribution in [0.5, 0.6) is 0 Å². The van der Waals surface area contributed by atoms with E-state index < -0.39 is 5.60 Å². The van der Waals surface area contributed by atoms with E-state index in [1.165, 1.54) is 0 Å². The fourth-order valence-electron chi connectivity index (χ4n) is 3.04. The van der Waals surface area contributed by atoms with Crippen molar-refractivity contribution in [1.82, 2.24) is 5.32 Å². The highest BCUT2D eigenvalue weighted by molar-refractivity contribution is 5.67. The molecule has 1 fully saturated rings. The SMILES string of the molecule is CCC(CC)CC(CO)(CNC(=O)OC(C)(C)C)C1CC1. The van der Waals surface area contributed by atoms with Crippen LogP contribution in [0.25, 0.3) is 0 Å². The summed E-state index contributed by atoms with van der Waals surface area (Å²) in [5.41, 5.74) is -0.658. The van der Waals surface area contributed by atoms with Crippen LogP contribution in [-0.2, 0) is 4.74 Å². The normalized spacial score (nSPS) is 18.4. The van der Waals surface area contributed by atoms with E-state index in [4.69, 9.17) is 4.74 Å². The van der Waals surface area contributed by atoms with Crippen LogP contribution in [0, 0.1) is 17.3 Å². The zero-order chi connectivity index (χ0) is 16.1. The van der Waals surface area contributed by atoms with Crippen molar-refractivity contribution in [1.29, 1.82) is 0 Å². The monoisotopic (exact) mass is 299 g/mol. The van der Waals surface area contributed by atoms with Crippen LogP contribution in [0.4, 0.5) is 4.79 Å². The van der Waals surface area contributed by atoms with Gasteiger partial charge in [-0.25, -0.2) is 4.79 Å². The Balaban J connectivity index is 2.63. The van der Waals surface area contributed by atoms with E-state index in [9.17, 15) is 9.90 Å². The first-order chi connectivity index (χ1) is 9.76. The fraction of sp³-hybridized carbons (Fsp3) is 0.941. The van der Waals surface area contributed by atoms with Gasteiger partial charge in [0.2, 0.25) is 0 Å². The molecule has 4 heteroatoms. The highest BCUT2D eigenvalue weighted by Gasteiger charge is 2.45. The zero-order valence-corrected chi connectivity index (χ0v) is 14.4. The second-order valence-electron chi connectivity index (χ2n) is 7.54. The largest absolute Gasteiger partial charge is 0.444 e. The van der Waals surface area contributed by atoms with Crippen LogP contribution >= 0.6 is 0 Å². The molecule has 4 nitrogen and oxygen atoms in total. The molecule has 0 aromatic carbocycles. The summed E-state index contributed by atoms with van der Waals surface area (Å²) in [4.78, 5) is 11.9. The first-order valence-electron chi connectivity index (χ1n) is 8.34. The number of aliphatic hydroxyl groups is 1. The molecule has 2 N–H and O–H groups in total. The molecule has 1 atom stereocenters. The summed E-state index contributed by atoms with van der Waals surface area (Å²) >= 11 is 0. The second kappa shape index (κ2) is 7.48. The molecular weight excluding hydrogens is 266 g/mol. The lowest BCUT2D eigenvalue weighted by Crippen LogP contribution is -2.44. The van der Waals surface area contributed by atoms with Gasteiger partial charge in [-0.2, -0.15) is 0 Å². The molecule has 1 rings (SSSR count). The van der Waals surface area contributed by atoms with Crippen LogP contribution in [-0.4, -0.2) is 30.0 Å². The van der Waals surface area contributed by atoms with Gasteiger partial charge >= 0.3 is 6.09 Å². The van der Waals surface area contributed by atoms with Gasteiger partial charge in [0.15, 0.2) is 0 Å². The molecular formula is C17H33NO3. The summed E-state index contributed by atoms with van der Waals surface area (Å²) in [5, 5.41) is 12.9. The Morgan fingerprint density at radius 3 is 2.24 bits per heavy atom. The zero-order valence-electron chi connectivity index (χ0n) is 14.4. The molecule has 1 aliphatic rings. The lowest BCUT2D eigenvalue weighted by molar-refractivity contribution is 0.0382. The topological polar surface area (TPSA) is 58.6 Å². The molecule has 0 spiro atoms. The average molecular weight is 299 g/mol. The predicted molar refractivity (Wildman–Crippen MR) is 85.2 cm³/mol. The van der Waals surface area contributed by atoms with Gasteiger partial charge in [0, 0.05) is 12.0 Å². The minimum absolute atomic E-state index is 0.143. The number of hydrogen-bond donors (Lipinski definition) is 2. The van der Waals surface area contributed by atoms with Crippen LogP contribution in [0.1, 0.15) is 66.7 Å². The van der Waals surface area contributed by atoms with Crippen molar-refractivity contribution < 1.29 is 14.6 Å². The van der Waals surface area contributed by atoms with Crippen LogP contribution in [0.2, 0.25) is 0 Å². The van der Waals surface area contributed by atoms with Gasteiger partial charge in [0.25, 0.3) is 0 Å². The number of rotatable bonds is 8. The first kappa shape index (κ1) is 18.3. The van der Waals surface area contributed by atoms with Crippen molar-refractivity contribution >= 4 is 6.09 Å². The summed E-state index contributed by atoms with van der Waals surface area (Å²) in [7, 11) is 0. The highest BCUT2D eigenvalue weighted by Crippen LogP contribution is 2.49. The molecule has 0 aromatic heterocycles. The molecule has 21 heavy (non-hydrogen) atoms. The van der Waals surface area contributed by atoms with Gasteiger partial charge in [-0.05, 0) is 51.9 Å². The molecule has 1 unspecified atom stereocenters. The van der Waals surface area contributed by atoms with Gasteiger partial charge in [-0.3, -0.25) is 0 Å². The molecule has 0 bridgehead atoms. The summed E-state index contributed by atoms with van der Waals surface area (Å²) in [6.07, 6.45) is 5.17. The molecule has 1 saturated carbocycles. The Bertz CT molecular complexity index is 329. The number of nitrogens with one attached hydrogen (secondary N) is 1. The molecule has 0 aromatic rings. The maximum absolute atomic E-state index is 11.9. The van der Waals surface area contributed by atoms with Gasteiger partial charge < -0.3 is 15.2 Å². The number of ether oxygens (including phenoxy) is 1. The van der Waals surface area contributed by atoms with Gasteiger partial charge in [0.05, 0.1) is 6.61 Å². The summed E-state index contributed by atoms with van der Waals surface area (Å²) in [5.74, 6) is 1.15. The Morgan fingerprint density at radius 2 is 1.86 bits per heavy atom. The minimum Gasteiger partial charge on any atom is -0.444 e. The second-order valence-corrected chi connectivity index (χ2v) is 7.54. The molecule has 0 saturated heterocycles. The number of carbonyl (C=O) groups is 1. The van der Waals surface area contributed by atoms with E-state index in [0.29, 0.717) is 18.4 Å². The molecule has 124 valence electrons. The third-order valence-corrected chi connectivity index (χ3v) is 4.59. The van der Waals surface area contributed by atoms with Crippen molar-refractivity contribution in [3.8, 4) is 0 Å². The van der Waals surface area contributed by atoms with E-state index in [0.717, 1.165) is 32.1 Å². The van der Waals surface area contributed by atoms with Crippen LogP contribution < -0.4 is 5.32 Å². The number of aliphatic hydroxyl groups excluding tert-OH is 1. The van der Waals surface area contributed by atoms with E-state index in [2.05, 4.69) is 19.2 Å².